The molecule has 0 amide bonds. The summed E-state index contributed by atoms with van der Waals surface area (Å²) < 4.78 is 0. The number of hydrogen-bond donors (Lipinski definition) is 1. The zero-order chi connectivity index (χ0) is 10.1. The van der Waals surface area contributed by atoms with E-state index < -0.39 is 0 Å². The van der Waals surface area contributed by atoms with Gasteiger partial charge in [-0.2, -0.15) is 0 Å². The highest BCUT2D eigenvalue weighted by Gasteiger charge is 2.30. The van der Waals surface area contributed by atoms with Gasteiger partial charge in [-0.25, -0.2) is 0 Å². The highest BCUT2D eigenvalue weighted by Crippen LogP contribution is 2.35. The van der Waals surface area contributed by atoms with E-state index >= 15 is 0 Å². The number of thiophene rings is 1. The first-order valence-electron chi connectivity index (χ1n) is 5.12. The van der Waals surface area contributed by atoms with E-state index in [2.05, 4.69) is 29.3 Å². The van der Waals surface area contributed by atoms with Gasteiger partial charge in [0.1, 0.15) is 6.23 Å². The van der Waals surface area contributed by atoms with Crippen LogP contribution in [0.25, 0.3) is 0 Å². The van der Waals surface area contributed by atoms with Crippen LogP contribution in [-0.4, -0.2) is 29.3 Å². The topological polar surface area (TPSA) is 23.5 Å². The van der Waals surface area contributed by atoms with Crippen LogP contribution in [0.3, 0.4) is 0 Å². The van der Waals surface area contributed by atoms with E-state index in [-0.39, 0.29) is 6.23 Å². The Morgan fingerprint density at radius 3 is 2.86 bits per heavy atom. The molecule has 0 bridgehead atoms. The monoisotopic (exact) mass is 211 g/mol. The lowest BCUT2D eigenvalue weighted by Crippen LogP contribution is -2.44. The lowest BCUT2D eigenvalue weighted by atomic mass is 9.90. The SMILES string of the molecule is C[C@@H]1C[C@H](c2cccs2)C[C@@H](O)N1C. The number of nitrogens with zero attached hydrogens (tertiary/aromatic N) is 1. The minimum atomic E-state index is -0.272. The van der Waals surface area contributed by atoms with Crippen molar-refractivity contribution in [2.75, 3.05) is 7.05 Å². The maximum absolute atomic E-state index is 9.85. The molecule has 1 N–H and O–H groups in total. The van der Waals surface area contributed by atoms with Gasteiger partial charge in [-0.3, -0.25) is 4.90 Å². The molecule has 0 aromatic carbocycles. The number of aliphatic hydroxyl groups excluding tert-OH is 1. The quantitative estimate of drug-likeness (QED) is 0.770. The molecular weight excluding hydrogens is 194 g/mol. The summed E-state index contributed by atoms with van der Waals surface area (Å²) in [4.78, 5) is 3.48. The third kappa shape index (κ3) is 1.85. The van der Waals surface area contributed by atoms with E-state index in [0.717, 1.165) is 12.8 Å². The van der Waals surface area contributed by atoms with Gasteiger partial charge >= 0.3 is 0 Å². The van der Waals surface area contributed by atoms with Crippen molar-refractivity contribution >= 4 is 11.3 Å². The lowest BCUT2D eigenvalue weighted by Gasteiger charge is -2.38. The zero-order valence-corrected chi connectivity index (χ0v) is 9.50. The lowest BCUT2D eigenvalue weighted by molar-refractivity contribution is -0.0405. The fourth-order valence-electron chi connectivity index (χ4n) is 2.14. The van der Waals surface area contributed by atoms with Crippen molar-refractivity contribution in [2.45, 2.75) is 38.0 Å². The number of aliphatic hydroxyl groups is 1. The second kappa shape index (κ2) is 4.01. The van der Waals surface area contributed by atoms with Gasteiger partial charge < -0.3 is 5.11 Å². The predicted molar refractivity (Wildman–Crippen MR) is 59.5 cm³/mol. The molecule has 0 saturated carbocycles. The van der Waals surface area contributed by atoms with Gasteiger partial charge in [0, 0.05) is 10.9 Å². The highest BCUT2D eigenvalue weighted by molar-refractivity contribution is 7.10. The molecule has 78 valence electrons. The summed E-state index contributed by atoms with van der Waals surface area (Å²) in [7, 11) is 2.00. The minimum Gasteiger partial charge on any atom is -0.378 e. The molecule has 3 atom stereocenters. The second-order valence-electron chi connectivity index (χ2n) is 4.18. The van der Waals surface area contributed by atoms with Crippen LogP contribution in [0.15, 0.2) is 17.5 Å². The average molecular weight is 211 g/mol. The largest absolute Gasteiger partial charge is 0.378 e. The van der Waals surface area contributed by atoms with Gasteiger partial charge in [-0.15, -0.1) is 11.3 Å². The number of piperidine rings is 1. The molecule has 0 radical (unpaired) electrons. The Balaban J connectivity index is 2.10. The molecule has 1 aromatic rings. The molecule has 14 heavy (non-hydrogen) atoms. The van der Waals surface area contributed by atoms with Gasteiger partial charge in [-0.05, 0) is 44.2 Å². The zero-order valence-electron chi connectivity index (χ0n) is 8.68. The molecule has 1 aliphatic rings. The highest BCUT2D eigenvalue weighted by atomic mass is 32.1. The summed E-state index contributed by atoms with van der Waals surface area (Å²) in [5.41, 5.74) is 0. The van der Waals surface area contributed by atoms with E-state index in [1.807, 2.05) is 7.05 Å². The summed E-state index contributed by atoms with van der Waals surface area (Å²) in [5.74, 6) is 0.552. The first kappa shape index (κ1) is 10.1. The maximum atomic E-state index is 9.85. The molecule has 0 spiro atoms. The van der Waals surface area contributed by atoms with Crippen molar-refractivity contribution in [1.82, 2.24) is 4.90 Å². The molecule has 1 fully saturated rings. The first-order chi connectivity index (χ1) is 6.68. The number of hydrogen-bond acceptors (Lipinski definition) is 3. The predicted octanol–water partition coefficient (Wildman–Crippen LogP) is 2.26. The van der Waals surface area contributed by atoms with E-state index in [4.69, 9.17) is 0 Å². The third-order valence-corrected chi connectivity index (χ3v) is 4.27. The van der Waals surface area contributed by atoms with Crippen molar-refractivity contribution in [3.63, 3.8) is 0 Å². The summed E-state index contributed by atoms with van der Waals surface area (Å²) in [6.07, 6.45) is 1.76. The van der Waals surface area contributed by atoms with Crippen molar-refractivity contribution in [1.29, 1.82) is 0 Å². The number of likely N-dealkylation sites (tertiary alicyclic amines) is 1. The van der Waals surface area contributed by atoms with E-state index in [1.165, 1.54) is 4.88 Å². The Hall–Kier alpha value is -0.380. The minimum absolute atomic E-state index is 0.272. The van der Waals surface area contributed by atoms with Crippen LogP contribution in [0.1, 0.15) is 30.6 Å². The smallest absolute Gasteiger partial charge is 0.107 e. The maximum Gasteiger partial charge on any atom is 0.107 e. The van der Waals surface area contributed by atoms with Gasteiger partial charge in [0.25, 0.3) is 0 Å². The molecule has 0 unspecified atom stereocenters. The summed E-state index contributed by atoms with van der Waals surface area (Å²) >= 11 is 1.81. The number of rotatable bonds is 1. The van der Waals surface area contributed by atoms with Crippen molar-refractivity contribution < 1.29 is 5.11 Å². The first-order valence-corrected chi connectivity index (χ1v) is 6.00. The Bertz CT molecular complexity index is 273. The standard InChI is InChI=1S/C11H17NOS/c1-8-6-9(7-11(13)12(8)2)10-4-3-5-14-10/h3-5,8-9,11,13H,6-7H2,1-2H3/t8-,9+,11-/m1/s1. The molecule has 1 saturated heterocycles. The van der Waals surface area contributed by atoms with Crippen LogP contribution < -0.4 is 0 Å². The molecule has 2 rings (SSSR count). The van der Waals surface area contributed by atoms with Crippen LogP contribution in [0.5, 0.6) is 0 Å². The van der Waals surface area contributed by atoms with Gasteiger partial charge in [0.15, 0.2) is 0 Å². The molecule has 1 aliphatic heterocycles. The van der Waals surface area contributed by atoms with Crippen LogP contribution in [-0.2, 0) is 0 Å². The molecule has 1 aromatic heterocycles. The van der Waals surface area contributed by atoms with Crippen LogP contribution in [0, 0.1) is 0 Å². The molecule has 0 aliphatic carbocycles. The van der Waals surface area contributed by atoms with Gasteiger partial charge in [0.05, 0.1) is 0 Å². The van der Waals surface area contributed by atoms with Gasteiger partial charge in [-0.1, -0.05) is 6.07 Å². The van der Waals surface area contributed by atoms with Crippen molar-refractivity contribution in [2.24, 2.45) is 0 Å². The van der Waals surface area contributed by atoms with Crippen molar-refractivity contribution in [3.8, 4) is 0 Å². The van der Waals surface area contributed by atoms with E-state index in [9.17, 15) is 5.11 Å². The molecular formula is C11H17NOS. The van der Waals surface area contributed by atoms with Crippen LogP contribution in [0.4, 0.5) is 0 Å². The van der Waals surface area contributed by atoms with Crippen LogP contribution in [0.2, 0.25) is 0 Å². The Morgan fingerprint density at radius 2 is 2.29 bits per heavy atom. The Labute approximate surface area is 89.2 Å². The third-order valence-electron chi connectivity index (χ3n) is 3.23. The van der Waals surface area contributed by atoms with Crippen molar-refractivity contribution in [3.05, 3.63) is 22.4 Å². The normalized spacial score (nSPS) is 34.6. The van der Waals surface area contributed by atoms with Crippen LogP contribution >= 0.6 is 11.3 Å². The Morgan fingerprint density at radius 1 is 1.50 bits per heavy atom. The second-order valence-corrected chi connectivity index (χ2v) is 5.16. The summed E-state index contributed by atoms with van der Waals surface area (Å²) in [6, 6.07) is 4.75. The Kier molecular flexibility index (Phi) is 2.91. The summed E-state index contributed by atoms with van der Waals surface area (Å²) in [5, 5.41) is 12.0. The molecule has 2 nitrogen and oxygen atoms in total. The van der Waals surface area contributed by atoms with E-state index in [1.54, 1.807) is 11.3 Å². The summed E-state index contributed by atoms with van der Waals surface area (Å²) in [6.45, 7) is 2.18. The fraction of sp³-hybridized carbons (Fsp3) is 0.636. The molecule has 2 heterocycles. The van der Waals surface area contributed by atoms with E-state index in [0.29, 0.717) is 12.0 Å². The average Bonchev–Trinajstić information content (AvgIpc) is 2.66. The van der Waals surface area contributed by atoms with Gasteiger partial charge in [0.2, 0.25) is 0 Å². The fourth-order valence-corrected chi connectivity index (χ4v) is 3.00. The molecule has 3 heteroatoms.